The van der Waals surface area contributed by atoms with Crippen LogP contribution in [-0.4, -0.2) is 75.0 Å². The Bertz CT molecular complexity index is 1500. The highest BCUT2D eigenvalue weighted by Crippen LogP contribution is 2.44. The Morgan fingerprint density at radius 1 is 1.08 bits per heavy atom. The molecule has 1 aromatic heterocycles. The summed E-state index contributed by atoms with van der Waals surface area (Å²) < 4.78 is 38.0. The van der Waals surface area contributed by atoms with Crippen molar-refractivity contribution in [2.45, 2.75) is 24.9 Å². The molecule has 0 bridgehead atoms. The Morgan fingerprint density at radius 3 is 2.62 bits per heavy atom. The fraction of sp³-hybridized carbons (Fsp3) is 0.385. The molecular weight excluding hydrogens is 542 g/mol. The number of nitrogens with one attached hydrogen (secondary N) is 3. The Balaban J connectivity index is 1.24. The van der Waals surface area contributed by atoms with Gasteiger partial charge in [0.25, 0.3) is 0 Å². The van der Waals surface area contributed by atoms with Crippen LogP contribution in [0.25, 0.3) is 0 Å². The van der Waals surface area contributed by atoms with E-state index in [1.165, 1.54) is 19.0 Å². The monoisotopic (exact) mass is 571 g/mol. The van der Waals surface area contributed by atoms with Crippen LogP contribution in [0.4, 0.5) is 34.5 Å². The second kappa shape index (κ2) is 10.2. The van der Waals surface area contributed by atoms with Gasteiger partial charge in [-0.25, -0.2) is 13.4 Å². The molecule has 3 heterocycles. The van der Waals surface area contributed by atoms with E-state index in [1.807, 2.05) is 12.1 Å². The number of fused-ring (bicyclic) bond motifs is 3. The number of anilines is 6. The van der Waals surface area contributed by atoms with Gasteiger partial charge in [0.15, 0.2) is 5.82 Å². The summed E-state index contributed by atoms with van der Waals surface area (Å²) in [4.78, 5) is 13.9. The van der Waals surface area contributed by atoms with Crippen molar-refractivity contribution in [3.05, 3.63) is 47.6 Å². The largest absolute Gasteiger partial charge is 0.494 e. The topological polar surface area (TPSA) is 121 Å². The second-order valence-electron chi connectivity index (χ2n) is 9.96. The third-order valence-electron chi connectivity index (χ3n) is 7.07. The van der Waals surface area contributed by atoms with E-state index in [2.05, 4.69) is 35.1 Å². The Hall–Kier alpha value is -3.48. The minimum Gasteiger partial charge on any atom is -0.494 e. The molecule has 2 aliphatic heterocycles. The molecular formula is C26H30ClN7O4S. The quantitative estimate of drug-likeness (QED) is 0.365. The Morgan fingerprint density at radius 2 is 1.87 bits per heavy atom. The molecule has 0 spiro atoms. The molecule has 1 saturated heterocycles. The second-order valence-corrected chi connectivity index (χ2v) is 12.1. The van der Waals surface area contributed by atoms with Gasteiger partial charge in [-0.15, -0.1) is 0 Å². The van der Waals surface area contributed by atoms with E-state index in [0.29, 0.717) is 41.3 Å². The highest BCUT2D eigenvalue weighted by atomic mass is 35.5. The molecule has 39 heavy (non-hydrogen) atoms. The minimum absolute atomic E-state index is 0.270. The number of nitrogens with zero attached hydrogens (tertiary/aromatic N) is 4. The van der Waals surface area contributed by atoms with Crippen LogP contribution in [-0.2, 0) is 10.0 Å². The molecule has 0 unspecified atom stereocenters. The van der Waals surface area contributed by atoms with Gasteiger partial charge in [-0.2, -0.15) is 4.98 Å². The number of ether oxygens (including phenoxy) is 2. The maximum absolute atomic E-state index is 11.8. The highest BCUT2D eigenvalue weighted by molar-refractivity contribution is 7.92. The van der Waals surface area contributed by atoms with Crippen LogP contribution in [0, 0.1) is 0 Å². The number of sulfonamides is 1. The third-order valence-corrected chi connectivity index (χ3v) is 7.93. The van der Waals surface area contributed by atoms with Crippen LogP contribution in [0.3, 0.4) is 0 Å². The van der Waals surface area contributed by atoms with Gasteiger partial charge in [-0.3, -0.25) is 9.62 Å². The van der Waals surface area contributed by atoms with Crippen molar-refractivity contribution in [3.63, 3.8) is 0 Å². The minimum atomic E-state index is -3.48. The van der Waals surface area contributed by atoms with E-state index >= 15 is 0 Å². The number of piperazine rings is 1. The van der Waals surface area contributed by atoms with E-state index in [4.69, 9.17) is 21.1 Å². The summed E-state index contributed by atoms with van der Waals surface area (Å²) >= 11 is 6.38. The average Bonchev–Trinajstić information content (AvgIpc) is 3.76. The lowest BCUT2D eigenvalue weighted by molar-refractivity contribution is 0.161. The summed E-state index contributed by atoms with van der Waals surface area (Å²) in [7, 11) is -1.85. The van der Waals surface area contributed by atoms with Gasteiger partial charge in [-0.1, -0.05) is 23.7 Å². The number of rotatable bonds is 8. The van der Waals surface area contributed by atoms with Crippen molar-refractivity contribution in [1.29, 1.82) is 0 Å². The van der Waals surface area contributed by atoms with Gasteiger partial charge in [0.05, 0.1) is 48.4 Å². The molecule has 3 aromatic rings. The molecule has 1 saturated carbocycles. The summed E-state index contributed by atoms with van der Waals surface area (Å²) in [5, 5.41) is 6.59. The predicted molar refractivity (Wildman–Crippen MR) is 153 cm³/mol. The first-order valence-corrected chi connectivity index (χ1v) is 15.0. The van der Waals surface area contributed by atoms with Crippen LogP contribution in [0.5, 0.6) is 11.5 Å². The number of methoxy groups -OCH3 is 1. The summed E-state index contributed by atoms with van der Waals surface area (Å²) in [5.74, 6) is 2.00. The predicted octanol–water partition coefficient (Wildman–Crippen LogP) is 4.04. The zero-order valence-corrected chi connectivity index (χ0v) is 23.2. The number of benzene rings is 2. The third kappa shape index (κ3) is 5.63. The smallest absolute Gasteiger partial charge is 0.229 e. The lowest BCUT2D eigenvalue weighted by Crippen LogP contribution is -2.57. The van der Waals surface area contributed by atoms with Gasteiger partial charge in [0.2, 0.25) is 16.0 Å². The molecule has 1 aliphatic carbocycles. The van der Waals surface area contributed by atoms with E-state index < -0.39 is 10.0 Å². The molecule has 0 radical (unpaired) electrons. The van der Waals surface area contributed by atoms with Crippen LogP contribution < -0.4 is 29.7 Å². The average molecular weight is 572 g/mol. The molecule has 0 amide bonds. The summed E-state index contributed by atoms with van der Waals surface area (Å²) in [6.45, 7) is 3.66. The standard InChI is InChI=1S/C26H30ClN7O4S/c1-37-23-12-22-24(38-15-17-14-33(16-7-8-16)9-10-34(17)22)11-21(23)30-26-28-13-18(27)25(31-26)29-19-5-3-4-6-20(19)32-39(2,35)36/h3-6,11-13,16-17,32H,7-10,14-15H2,1-2H3,(H2,28,29,30,31)/t17-/m0/s1. The summed E-state index contributed by atoms with van der Waals surface area (Å²) in [6.07, 6.45) is 5.17. The van der Waals surface area contributed by atoms with Gasteiger partial charge in [-0.05, 0) is 25.0 Å². The molecule has 13 heteroatoms. The number of hydrogen-bond donors (Lipinski definition) is 3. The van der Waals surface area contributed by atoms with E-state index in [1.54, 1.807) is 31.4 Å². The first-order chi connectivity index (χ1) is 18.8. The first kappa shape index (κ1) is 25.8. The fourth-order valence-corrected chi connectivity index (χ4v) is 5.81. The van der Waals surface area contributed by atoms with Crippen molar-refractivity contribution >= 4 is 56.1 Å². The molecule has 1 atom stereocenters. The Labute approximate surface area is 232 Å². The maximum Gasteiger partial charge on any atom is 0.229 e. The summed E-state index contributed by atoms with van der Waals surface area (Å²) in [6, 6.07) is 11.9. The van der Waals surface area contributed by atoms with Crippen molar-refractivity contribution < 1.29 is 17.9 Å². The number of halogens is 1. The normalized spacial score (nSPS) is 18.9. The van der Waals surface area contributed by atoms with Crippen molar-refractivity contribution in [3.8, 4) is 11.5 Å². The van der Waals surface area contributed by atoms with Crippen LogP contribution >= 0.6 is 11.6 Å². The molecule has 6 rings (SSSR count). The number of para-hydroxylation sites is 2. The molecule has 3 aliphatic rings. The van der Waals surface area contributed by atoms with Gasteiger partial charge >= 0.3 is 0 Å². The lowest BCUT2D eigenvalue weighted by Gasteiger charge is -2.46. The van der Waals surface area contributed by atoms with Gasteiger partial charge < -0.3 is 25.0 Å². The van der Waals surface area contributed by atoms with E-state index in [-0.39, 0.29) is 11.0 Å². The molecule has 11 nitrogen and oxygen atoms in total. The van der Waals surface area contributed by atoms with Gasteiger partial charge in [0.1, 0.15) is 23.1 Å². The zero-order valence-electron chi connectivity index (χ0n) is 21.6. The fourth-order valence-electron chi connectivity index (χ4n) is 5.10. The molecule has 2 fully saturated rings. The highest BCUT2D eigenvalue weighted by Gasteiger charge is 2.38. The van der Waals surface area contributed by atoms with Gasteiger partial charge in [0, 0.05) is 37.8 Å². The molecule has 206 valence electrons. The van der Waals surface area contributed by atoms with Crippen LogP contribution in [0.15, 0.2) is 42.6 Å². The number of aromatic nitrogens is 2. The zero-order chi connectivity index (χ0) is 27.1. The SMILES string of the molecule is COc1cc2c(cc1Nc1ncc(Cl)c(Nc3ccccc3NS(C)(=O)=O)n1)OC[C@@H]1CN(C3CC3)CCN21. The van der Waals surface area contributed by atoms with Crippen LogP contribution in [0.1, 0.15) is 12.8 Å². The molecule has 2 aromatic carbocycles. The lowest BCUT2D eigenvalue weighted by atomic mass is 10.1. The maximum atomic E-state index is 11.8. The van der Waals surface area contributed by atoms with Crippen LogP contribution in [0.2, 0.25) is 5.02 Å². The van der Waals surface area contributed by atoms with Crippen molar-refractivity contribution in [2.75, 3.05) is 59.9 Å². The summed E-state index contributed by atoms with van der Waals surface area (Å²) in [5.41, 5.74) is 2.54. The van der Waals surface area contributed by atoms with Crippen molar-refractivity contribution in [2.24, 2.45) is 0 Å². The van der Waals surface area contributed by atoms with E-state index in [0.717, 1.165) is 43.4 Å². The van der Waals surface area contributed by atoms with E-state index in [9.17, 15) is 8.42 Å². The first-order valence-electron chi connectivity index (χ1n) is 12.8. The number of hydrogen-bond acceptors (Lipinski definition) is 10. The van der Waals surface area contributed by atoms with Crippen molar-refractivity contribution in [1.82, 2.24) is 14.9 Å². The molecule has 3 N–H and O–H groups in total. The Kier molecular flexibility index (Phi) is 6.77.